The van der Waals surface area contributed by atoms with Crippen molar-refractivity contribution in [1.82, 2.24) is 9.97 Å². The molecule has 0 bridgehead atoms. The number of aromatic amines is 1. The van der Waals surface area contributed by atoms with E-state index < -0.39 is 0 Å². The van der Waals surface area contributed by atoms with Crippen LogP contribution in [-0.2, 0) is 17.6 Å². The highest BCUT2D eigenvalue weighted by atomic mass is 16.2. The van der Waals surface area contributed by atoms with Crippen LogP contribution in [0.2, 0.25) is 0 Å². The van der Waals surface area contributed by atoms with Crippen molar-refractivity contribution >= 4 is 11.6 Å². The Morgan fingerprint density at radius 2 is 2.32 bits per heavy atom. The Labute approximate surface area is 111 Å². The van der Waals surface area contributed by atoms with E-state index in [-0.39, 0.29) is 5.91 Å². The summed E-state index contributed by atoms with van der Waals surface area (Å²) in [6.45, 7) is 0.580. The quantitative estimate of drug-likeness (QED) is 0.863. The zero-order valence-electron chi connectivity index (χ0n) is 10.8. The van der Waals surface area contributed by atoms with Crippen molar-refractivity contribution in [3.63, 3.8) is 0 Å². The molecule has 1 aromatic carbocycles. The Hall–Kier alpha value is -2.14. The van der Waals surface area contributed by atoms with Crippen LogP contribution in [-0.4, -0.2) is 29.5 Å². The molecular weight excluding hydrogens is 240 g/mol. The van der Waals surface area contributed by atoms with Gasteiger partial charge in [-0.1, -0.05) is 6.07 Å². The fourth-order valence-corrected chi connectivity index (χ4v) is 2.41. The number of likely N-dealkylation sites (N-methyl/N-ethyl adjacent to an activating group) is 1. The zero-order chi connectivity index (χ0) is 13.4. The molecule has 1 aromatic heterocycles. The number of carbonyl (C=O) groups is 1. The van der Waals surface area contributed by atoms with Crippen LogP contribution < -0.4 is 10.6 Å². The second-order valence-corrected chi connectivity index (χ2v) is 4.76. The smallest absolute Gasteiger partial charge is 0.231 e. The monoisotopic (exact) mass is 256 g/mol. The van der Waals surface area contributed by atoms with E-state index in [4.69, 9.17) is 5.73 Å². The molecule has 1 aliphatic heterocycles. The van der Waals surface area contributed by atoms with Crippen LogP contribution >= 0.6 is 0 Å². The van der Waals surface area contributed by atoms with Crippen LogP contribution in [0, 0.1) is 0 Å². The largest absolute Gasteiger partial charge is 0.342 e. The van der Waals surface area contributed by atoms with Crippen LogP contribution in [0.1, 0.15) is 11.4 Å². The lowest BCUT2D eigenvalue weighted by Crippen LogP contribution is -2.20. The molecule has 19 heavy (non-hydrogen) atoms. The average molecular weight is 256 g/mol. The fraction of sp³-hybridized carbons (Fsp3) is 0.286. The highest BCUT2D eigenvalue weighted by Crippen LogP contribution is 2.31. The predicted octanol–water partition coefficient (Wildman–Crippen LogP) is 1.10. The van der Waals surface area contributed by atoms with Gasteiger partial charge in [0.15, 0.2) is 0 Å². The number of imidazole rings is 1. The highest BCUT2D eigenvalue weighted by molar-refractivity contribution is 6.01. The number of hydrogen-bond donors (Lipinski definition) is 2. The molecule has 0 unspecified atom stereocenters. The molecule has 3 rings (SSSR count). The van der Waals surface area contributed by atoms with Gasteiger partial charge in [-0.05, 0) is 29.8 Å². The SMILES string of the molecule is CN1C(=O)Cc2cc(-c3cnc(CCN)[nH]3)ccc21. The van der Waals surface area contributed by atoms with E-state index in [0.717, 1.165) is 34.8 Å². The van der Waals surface area contributed by atoms with Crippen LogP contribution in [0.5, 0.6) is 0 Å². The van der Waals surface area contributed by atoms with E-state index in [1.165, 1.54) is 0 Å². The first-order chi connectivity index (χ1) is 9.19. The third-order valence-corrected chi connectivity index (χ3v) is 3.48. The molecule has 1 amide bonds. The molecule has 2 heterocycles. The van der Waals surface area contributed by atoms with Crippen LogP contribution in [0.15, 0.2) is 24.4 Å². The fourth-order valence-electron chi connectivity index (χ4n) is 2.41. The summed E-state index contributed by atoms with van der Waals surface area (Å²) in [5.41, 5.74) is 9.59. The Kier molecular flexibility index (Phi) is 2.83. The van der Waals surface area contributed by atoms with E-state index in [0.29, 0.717) is 13.0 Å². The first-order valence-corrected chi connectivity index (χ1v) is 6.33. The minimum Gasteiger partial charge on any atom is -0.342 e. The molecule has 0 saturated heterocycles. The van der Waals surface area contributed by atoms with Crippen molar-refractivity contribution < 1.29 is 4.79 Å². The molecule has 1 aliphatic rings. The van der Waals surface area contributed by atoms with Gasteiger partial charge in [0.2, 0.25) is 5.91 Å². The number of rotatable bonds is 3. The highest BCUT2D eigenvalue weighted by Gasteiger charge is 2.24. The summed E-state index contributed by atoms with van der Waals surface area (Å²) in [6, 6.07) is 6.04. The third-order valence-electron chi connectivity index (χ3n) is 3.48. The van der Waals surface area contributed by atoms with Gasteiger partial charge in [-0.15, -0.1) is 0 Å². The first-order valence-electron chi connectivity index (χ1n) is 6.33. The second-order valence-electron chi connectivity index (χ2n) is 4.76. The van der Waals surface area contributed by atoms with Crippen molar-refractivity contribution in [2.75, 3.05) is 18.5 Å². The van der Waals surface area contributed by atoms with E-state index in [1.54, 1.807) is 4.90 Å². The number of nitrogens with zero attached hydrogens (tertiary/aromatic N) is 2. The number of hydrogen-bond acceptors (Lipinski definition) is 3. The van der Waals surface area contributed by atoms with Crippen molar-refractivity contribution in [2.24, 2.45) is 5.73 Å². The summed E-state index contributed by atoms with van der Waals surface area (Å²) in [5.74, 6) is 1.03. The molecule has 5 nitrogen and oxygen atoms in total. The maximum Gasteiger partial charge on any atom is 0.231 e. The first kappa shape index (κ1) is 11.9. The Bertz CT molecular complexity index is 632. The van der Waals surface area contributed by atoms with Crippen LogP contribution in [0.3, 0.4) is 0 Å². The predicted molar refractivity (Wildman–Crippen MR) is 73.9 cm³/mol. The van der Waals surface area contributed by atoms with Gasteiger partial charge < -0.3 is 15.6 Å². The zero-order valence-corrected chi connectivity index (χ0v) is 10.8. The number of anilines is 1. The number of H-pyrrole nitrogens is 1. The van der Waals surface area contributed by atoms with Crippen molar-refractivity contribution in [2.45, 2.75) is 12.8 Å². The summed E-state index contributed by atoms with van der Waals surface area (Å²) in [5, 5.41) is 0. The van der Waals surface area contributed by atoms with Gasteiger partial charge in [-0.2, -0.15) is 0 Å². The van der Waals surface area contributed by atoms with Crippen molar-refractivity contribution in [3.8, 4) is 11.3 Å². The minimum atomic E-state index is 0.139. The summed E-state index contributed by atoms with van der Waals surface area (Å²) in [6.07, 6.45) is 3.03. The maximum atomic E-state index is 11.7. The van der Waals surface area contributed by atoms with Gasteiger partial charge in [0, 0.05) is 19.2 Å². The molecule has 3 N–H and O–H groups in total. The Balaban J connectivity index is 1.94. The van der Waals surface area contributed by atoms with Gasteiger partial charge >= 0.3 is 0 Å². The summed E-state index contributed by atoms with van der Waals surface area (Å²) in [7, 11) is 1.81. The van der Waals surface area contributed by atoms with E-state index in [2.05, 4.69) is 16.0 Å². The molecule has 0 saturated carbocycles. The maximum absolute atomic E-state index is 11.7. The summed E-state index contributed by atoms with van der Waals surface area (Å²) < 4.78 is 0. The number of aromatic nitrogens is 2. The Morgan fingerprint density at radius 1 is 1.47 bits per heavy atom. The van der Waals surface area contributed by atoms with Gasteiger partial charge in [0.1, 0.15) is 5.82 Å². The van der Waals surface area contributed by atoms with Crippen molar-refractivity contribution in [1.29, 1.82) is 0 Å². The summed E-state index contributed by atoms with van der Waals surface area (Å²) >= 11 is 0. The molecule has 5 heteroatoms. The number of fused-ring (bicyclic) bond motifs is 1. The summed E-state index contributed by atoms with van der Waals surface area (Å²) in [4.78, 5) is 20.9. The number of nitrogens with two attached hydrogens (primary N) is 1. The Morgan fingerprint density at radius 3 is 3.11 bits per heavy atom. The second kappa shape index (κ2) is 4.51. The molecule has 0 fully saturated rings. The molecule has 0 atom stereocenters. The van der Waals surface area contributed by atoms with Gasteiger partial charge in [0.05, 0.1) is 18.3 Å². The van der Waals surface area contributed by atoms with E-state index >= 15 is 0 Å². The van der Waals surface area contributed by atoms with Gasteiger partial charge in [-0.25, -0.2) is 4.98 Å². The third kappa shape index (κ3) is 2.02. The van der Waals surface area contributed by atoms with Gasteiger partial charge in [0.25, 0.3) is 0 Å². The average Bonchev–Trinajstić information content (AvgIpc) is 2.96. The number of carbonyl (C=O) groups excluding carboxylic acids is 1. The van der Waals surface area contributed by atoms with Crippen LogP contribution in [0.4, 0.5) is 5.69 Å². The molecule has 98 valence electrons. The van der Waals surface area contributed by atoms with E-state index in [9.17, 15) is 4.79 Å². The molecule has 0 radical (unpaired) electrons. The molecule has 0 spiro atoms. The lowest BCUT2D eigenvalue weighted by Gasteiger charge is -2.10. The molecule has 2 aromatic rings. The number of nitrogens with one attached hydrogen (secondary N) is 1. The van der Waals surface area contributed by atoms with Crippen LogP contribution in [0.25, 0.3) is 11.3 Å². The topological polar surface area (TPSA) is 75.0 Å². The normalized spacial score (nSPS) is 14.0. The van der Waals surface area contributed by atoms with Gasteiger partial charge in [-0.3, -0.25) is 4.79 Å². The standard InChI is InChI=1S/C14H16N4O/c1-18-12-3-2-9(6-10(12)7-14(18)19)11-8-16-13(17-11)4-5-15/h2-3,6,8H,4-5,7,15H2,1H3,(H,16,17). The van der Waals surface area contributed by atoms with Crippen molar-refractivity contribution in [3.05, 3.63) is 35.8 Å². The molecule has 0 aliphatic carbocycles. The lowest BCUT2D eigenvalue weighted by molar-refractivity contribution is -0.117. The minimum absolute atomic E-state index is 0.139. The number of benzene rings is 1. The lowest BCUT2D eigenvalue weighted by atomic mass is 10.1. The van der Waals surface area contributed by atoms with E-state index in [1.807, 2.05) is 25.4 Å². The molecular formula is C14H16N4O. The number of amides is 1.